The minimum absolute atomic E-state index is 0.0641. The Morgan fingerprint density at radius 3 is 2.33 bits per heavy atom. The van der Waals surface area contributed by atoms with E-state index in [0.29, 0.717) is 23.7 Å². The van der Waals surface area contributed by atoms with Crippen LogP contribution in [0.4, 0.5) is 0 Å². The number of aromatic nitrogens is 1. The molecule has 30 heavy (non-hydrogen) atoms. The SMILES string of the molecule is COc1ccc(-c2c(C)noc2-c2ccc(OCc3ccc(Br)cc3)cc2O)cc1. The first-order valence-corrected chi connectivity index (χ1v) is 10.2. The Hall–Kier alpha value is -3.25. The van der Waals surface area contributed by atoms with Gasteiger partial charge in [-0.15, -0.1) is 0 Å². The molecule has 5 nitrogen and oxygen atoms in total. The molecule has 0 amide bonds. The second-order valence-electron chi connectivity index (χ2n) is 6.79. The zero-order valence-electron chi connectivity index (χ0n) is 16.6. The molecule has 6 heteroatoms. The Morgan fingerprint density at radius 2 is 1.67 bits per heavy atom. The van der Waals surface area contributed by atoms with Crippen LogP contribution in [0.3, 0.4) is 0 Å². The number of aryl methyl sites for hydroxylation is 1. The fraction of sp³-hybridized carbons (Fsp3) is 0.125. The molecule has 0 bridgehead atoms. The van der Waals surface area contributed by atoms with Crippen molar-refractivity contribution in [3.05, 3.63) is 82.5 Å². The number of ether oxygens (including phenoxy) is 2. The molecule has 1 heterocycles. The molecule has 0 fully saturated rings. The standard InChI is InChI=1S/C24H20BrNO4/c1-15-23(17-5-9-19(28-2)10-6-17)24(30-26-15)21-12-11-20(13-22(21)27)29-14-16-3-7-18(25)8-4-16/h3-13,27H,14H2,1-2H3. The summed E-state index contributed by atoms with van der Waals surface area (Å²) in [5, 5.41) is 14.8. The Balaban J connectivity index is 1.59. The lowest BCUT2D eigenvalue weighted by Crippen LogP contribution is -1.95. The lowest BCUT2D eigenvalue weighted by Gasteiger charge is -2.10. The van der Waals surface area contributed by atoms with E-state index in [-0.39, 0.29) is 5.75 Å². The van der Waals surface area contributed by atoms with Gasteiger partial charge in [-0.3, -0.25) is 0 Å². The van der Waals surface area contributed by atoms with Crippen LogP contribution in [0, 0.1) is 6.92 Å². The van der Waals surface area contributed by atoms with Crippen LogP contribution < -0.4 is 9.47 Å². The van der Waals surface area contributed by atoms with Crippen LogP contribution in [0.25, 0.3) is 22.5 Å². The van der Waals surface area contributed by atoms with Gasteiger partial charge in [0.25, 0.3) is 0 Å². The van der Waals surface area contributed by atoms with Gasteiger partial charge in [-0.2, -0.15) is 0 Å². The number of methoxy groups -OCH3 is 1. The van der Waals surface area contributed by atoms with E-state index >= 15 is 0 Å². The second kappa shape index (κ2) is 8.63. The number of nitrogens with zero attached hydrogens (tertiary/aromatic N) is 1. The summed E-state index contributed by atoms with van der Waals surface area (Å²) >= 11 is 3.42. The molecule has 152 valence electrons. The highest BCUT2D eigenvalue weighted by molar-refractivity contribution is 9.10. The maximum absolute atomic E-state index is 10.6. The zero-order chi connectivity index (χ0) is 21.1. The number of rotatable bonds is 6. The van der Waals surface area contributed by atoms with E-state index in [1.54, 1.807) is 19.2 Å². The second-order valence-corrected chi connectivity index (χ2v) is 7.71. The predicted octanol–water partition coefficient (Wildman–Crippen LogP) is 6.37. The molecule has 0 aliphatic rings. The van der Waals surface area contributed by atoms with Gasteiger partial charge in [0.15, 0.2) is 5.76 Å². The topological polar surface area (TPSA) is 64.7 Å². The van der Waals surface area contributed by atoms with Gasteiger partial charge in [0.1, 0.15) is 23.9 Å². The molecule has 0 saturated heterocycles. The number of hydrogen-bond donors (Lipinski definition) is 1. The summed E-state index contributed by atoms with van der Waals surface area (Å²) in [6, 6.07) is 20.7. The van der Waals surface area contributed by atoms with E-state index in [4.69, 9.17) is 14.0 Å². The van der Waals surface area contributed by atoms with Crippen molar-refractivity contribution >= 4 is 15.9 Å². The summed E-state index contributed by atoms with van der Waals surface area (Å²) < 4.78 is 17.6. The minimum Gasteiger partial charge on any atom is -0.507 e. The van der Waals surface area contributed by atoms with Crippen LogP contribution in [0.15, 0.2) is 75.7 Å². The van der Waals surface area contributed by atoms with Crippen LogP contribution in [0.1, 0.15) is 11.3 Å². The molecule has 0 unspecified atom stereocenters. The quantitative estimate of drug-likeness (QED) is 0.358. The number of phenols is 1. The van der Waals surface area contributed by atoms with Gasteiger partial charge >= 0.3 is 0 Å². The highest BCUT2D eigenvalue weighted by atomic mass is 79.9. The molecule has 0 aliphatic heterocycles. The smallest absolute Gasteiger partial charge is 0.178 e. The third kappa shape index (κ3) is 4.19. The van der Waals surface area contributed by atoms with Crippen LogP contribution in [0.5, 0.6) is 17.2 Å². The van der Waals surface area contributed by atoms with E-state index in [2.05, 4.69) is 21.1 Å². The van der Waals surface area contributed by atoms with Gasteiger partial charge in [-0.05, 0) is 54.4 Å². The highest BCUT2D eigenvalue weighted by Crippen LogP contribution is 2.40. The van der Waals surface area contributed by atoms with Crippen LogP contribution in [0.2, 0.25) is 0 Å². The van der Waals surface area contributed by atoms with Crippen molar-refractivity contribution in [2.45, 2.75) is 13.5 Å². The van der Waals surface area contributed by atoms with Crippen molar-refractivity contribution in [1.82, 2.24) is 5.16 Å². The first kappa shape index (κ1) is 20.0. The first-order chi connectivity index (χ1) is 14.5. The molecule has 0 spiro atoms. The van der Waals surface area contributed by atoms with Crippen molar-refractivity contribution in [1.29, 1.82) is 0 Å². The Kier molecular flexibility index (Phi) is 5.77. The zero-order valence-corrected chi connectivity index (χ0v) is 18.1. The Labute approximate surface area is 183 Å². The van der Waals surface area contributed by atoms with E-state index in [9.17, 15) is 5.11 Å². The fourth-order valence-corrected chi connectivity index (χ4v) is 3.46. The third-order valence-electron chi connectivity index (χ3n) is 4.77. The molecular formula is C24H20BrNO4. The molecule has 4 aromatic rings. The molecule has 4 rings (SSSR count). The van der Waals surface area contributed by atoms with Crippen molar-refractivity contribution in [2.24, 2.45) is 0 Å². The Bertz CT molecular complexity index is 1150. The largest absolute Gasteiger partial charge is 0.507 e. The van der Waals surface area contributed by atoms with Crippen molar-refractivity contribution in [2.75, 3.05) is 7.11 Å². The summed E-state index contributed by atoms with van der Waals surface area (Å²) in [6.07, 6.45) is 0. The molecule has 3 aromatic carbocycles. The molecular weight excluding hydrogens is 446 g/mol. The summed E-state index contributed by atoms with van der Waals surface area (Å²) in [4.78, 5) is 0. The Morgan fingerprint density at radius 1 is 0.967 bits per heavy atom. The van der Waals surface area contributed by atoms with Crippen molar-refractivity contribution in [3.63, 3.8) is 0 Å². The van der Waals surface area contributed by atoms with E-state index in [1.165, 1.54) is 0 Å². The van der Waals surface area contributed by atoms with Crippen LogP contribution in [-0.4, -0.2) is 17.4 Å². The minimum atomic E-state index is 0.0641. The predicted molar refractivity (Wildman–Crippen MR) is 119 cm³/mol. The number of benzene rings is 3. The molecule has 0 atom stereocenters. The van der Waals surface area contributed by atoms with Crippen molar-refractivity contribution < 1.29 is 19.1 Å². The normalized spacial score (nSPS) is 10.8. The van der Waals surface area contributed by atoms with Gasteiger partial charge < -0.3 is 19.1 Å². The average Bonchev–Trinajstić information content (AvgIpc) is 3.14. The number of phenolic OH excluding ortho intramolecular Hbond substituents is 1. The summed E-state index contributed by atoms with van der Waals surface area (Å²) in [7, 11) is 1.63. The van der Waals surface area contributed by atoms with Crippen LogP contribution in [-0.2, 0) is 6.61 Å². The molecule has 0 saturated carbocycles. The number of halogens is 1. The summed E-state index contributed by atoms with van der Waals surface area (Å²) in [5.41, 5.74) is 4.09. The molecule has 0 aliphatic carbocycles. The van der Waals surface area contributed by atoms with E-state index in [0.717, 1.165) is 32.6 Å². The lowest BCUT2D eigenvalue weighted by molar-refractivity contribution is 0.304. The summed E-state index contributed by atoms with van der Waals surface area (Å²) in [5.74, 6) is 1.91. The van der Waals surface area contributed by atoms with Crippen LogP contribution >= 0.6 is 15.9 Å². The van der Waals surface area contributed by atoms with Gasteiger partial charge in [-0.1, -0.05) is 45.4 Å². The maximum atomic E-state index is 10.6. The first-order valence-electron chi connectivity index (χ1n) is 9.36. The third-order valence-corrected chi connectivity index (χ3v) is 5.30. The monoisotopic (exact) mass is 465 g/mol. The van der Waals surface area contributed by atoms with Gasteiger partial charge in [-0.25, -0.2) is 0 Å². The van der Waals surface area contributed by atoms with Gasteiger partial charge in [0, 0.05) is 10.5 Å². The van der Waals surface area contributed by atoms with E-state index in [1.807, 2.05) is 61.5 Å². The lowest BCUT2D eigenvalue weighted by atomic mass is 9.99. The fourth-order valence-electron chi connectivity index (χ4n) is 3.19. The number of aromatic hydroxyl groups is 1. The molecule has 0 radical (unpaired) electrons. The molecule has 1 aromatic heterocycles. The van der Waals surface area contributed by atoms with E-state index < -0.39 is 0 Å². The maximum Gasteiger partial charge on any atom is 0.178 e. The molecule has 1 N–H and O–H groups in total. The number of hydrogen-bond acceptors (Lipinski definition) is 5. The highest BCUT2D eigenvalue weighted by Gasteiger charge is 2.20. The van der Waals surface area contributed by atoms with Gasteiger partial charge in [0.05, 0.1) is 23.9 Å². The van der Waals surface area contributed by atoms with Crippen molar-refractivity contribution in [3.8, 4) is 39.7 Å². The van der Waals surface area contributed by atoms with Gasteiger partial charge in [0.2, 0.25) is 0 Å². The summed E-state index contributed by atoms with van der Waals surface area (Å²) in [6.45, 7) is 2.28. The average molecular weight is 466 g/mol.